The van der Waals surface area contributed by atoms with Gasteiger partial charge in [-0.25, -0.2) is 13.2 Å². The number of rotatable bonds is 2. The lowest BCUT2D eigenvalue weighted by Crippen LogP contribution is -2.61. The molecule has 1 heterocycles. The molecule has 4 saturated carbocycles. The van der Waals surface area contributed by atoms with Crippen molar-refractivity contribution in [2.75, 3.05) is 19.3 Å². The summed E-state index contributed by atoms with van der Waals surface area (Å²) >= 11 is 0. The third kappa shape index (κ3) is 2.53. The van der Waals surface area contributed by atoms with Gasteiger partial charge in [-0.05, 0) is 62.7 Å². The minimum absolute atomic E-state index is 0.00894. The molecule has 6 heteroatoms. The summed E-state index contributed by atoms with van der Waals surface area (Å²) in [6, 6.07) is -0.0342. The van der Waals surface area contributed by atoms with Gasteiger partial charge in [-0.1, -0.05) is 0 Å². The molecule has 0 radical (unpaired) electrons. The molecule has 4 bridgehead atoms. The van der Waals surface area contributed by atoms with E-state index in [2.05, 4.69) is 5.32 Å². The van der Waals surface area contributed by atoms with Crippen molar-refractivity contribution < 1.29 is 13.2 Å². The zero-order chi connectivity index (χ0) is 15.5. The predicted octanol–water partition coefficient (Wildman–Crippen LogP) is 1.78. The monoisotopic (exact) mass is 326 g/mol. The Morgan fingerprint density at radius 3 is 2.09 bits per heavy atom. The van der Waals surface area contributed by atoms with Crippen LogP contribution in [0.15, 0.2) is 0 Å². The van der Waals surface area contributed by atoms with E-state index in [4.69, 9.17) is 0 Å². The first-order valence-electron chi connectivity index (χ1n) is 8.59. The predicted molar refractivity (Wildman–Crippen MR) is 84.3 cm³/mol. The van der Waals surface area contributed by atoms with Crippen molar-refractivity contribution in [3.05, 3.63) is 0 Å². The summed E-state index contributed by atoms with van der Waals surface area (Å²) in [6.45, 7) is 0.924. The molecule has 0 aromatic carbocycles. The maximum atomic E-state index is 12.6. The van der Waals surface area contributed by atoms with E-state index in [9.17, 15) is 13.2 Å². The highest BCUT2D eigenvalue weighted by atomic mass is 32.2. The van der Waals surface area contributed by atoms with E-state index in [-0.39, 0.29) is 16.8 Å². The Morgan fingerprint density at radius 1 is 1.09 bits per heavy atom. The Bertz CT molecular complexity index is 551. The summed E-state index contributed by atoms with van der Waals surface area (Å²) in [6.07, 6.45) is 9.32. The van der Waals surface area contributed by atoms with Gasteiger partial charge in [0.1, 0.15) is 0 Å². The fraction of sp³-hybridized carbons (Fsp3) is 0.938. The van der Waals surface area contributed by atoms with Crippen molar-refractivity contribution in [2.45, 2.75) is 55.7 Å². The fourth-order valence-corrected chi connectivity index (χ4v) is 6.82. The first kappa shape index (κ1) is 14.8. The summed E-state index contributed by atoms with van der Waals surface area (Å²) in [4.78, 5) is 14.3. The maximum absolute atomic E-state index is 12.6. The van der Waals surface area contributed by atoms with Crippen molar-refractivity contribution in [3.63, 3.8) is 0 Å². The second kappa shape index (κ2) is 4.86. The van der Waals surface area contributed by atoms with Crippen LogP contribution in [-0.2, 0) is 9.84 Å². The molecule has 1 saturated heterocycles. The van der Waals surface area contributed by atoms with Crippen molar-refractivity contribution in [1.29, 1.82) is 0 Å². The fourth-order valence-electron chi connectivity index (χ4n) is 5.83. The lowest BCUT2D eigenvalue weighted by Gasteiger charge is -2.57. The molecule has 5 aliphatic rings. The molecule has 0 aromatic heterocycles. The number of hydrogen-bond donors (Lipinski definition) is 1. The standard InChI is InChI=1S/C16H26N2O3S/c1-22(20,21)14-2-3-18(10-14)15(19)17-16-7-11-4-12(8-16)6-13(5-11)9-16/h11-14H,2-10H2,1H3,(H,17,19)/t11?,12?,13?,14-,16?/m0/s1. The number of urea groups is 1. The normalized spacial score (nSPS) is 43.6. The third-order valence-corrected chi connectivity index (χ3v) is 8.04. The first-order chi connectivity index (χ1) is 10.3. The van der Waals surface area contributed by atoms with Crippen LogP contribution in [0, 0.1) is 17.8 Å². The third-order valence-electron chi connectivity index (χ3n) is 6.45. The first-order valence-corrected chi connectivity index (χ1v) is 10.5. The van der Waals surface area contributed by atoms with Gasteiger partial charge in [-0.3, -0.25) is 0 Å². The topological polar surface area (TPSA) is 66.5 Å². The molecule has 1 N–H and O–H groups in total. The smallest absolute Gasteiger partial charge is 0.317 e. The molecule has 0 unspecified atom stereocenters. The Labute approximate surface area is 132 Å². The Hall–Kier alpha value is -0.780. The molecular weight excluding hydrogens is 300 g/mol. The highest BCUT2D eigenvalue weighted by Crippen LogP contribution is 2.55. The van der Waals surface area contributed by atoms with Gasteiger partial charge in [-0.2, -0.15) is 0 Å². The molecule has 124 valence electrons. The summed E-state index contributed by atoms with van der Waals surface area (Å²) in [5, 5.41) is 2.95. The summed E-state index contributed by atoms with van der Waals surface area (Å²) < 4.78 is 23.3. The van der Waals surface area contributed by atoms with Crippen molar-refractivity contribution in [3.8, 4) is 0 Å². The average Bonchev–Trinajstić information content (AvgIpc) is 2.85. The van der Waals surface area contributed by atoms with Crippen molar-refractivity contribution in [2.24, 2.45) is 17.8 Å². The molecule has 0 aromatic rings. The van der Waals surface area contributed by atoms with Crippen LogP contribution in [-0.4, -0.2) is 49.5 Å². The zero-order valence-electron chi connectivity index (χ0n) is 13.3. The van der Waals surface area contributed by atoms with Gasteiger partial charge in [0.15, 0.2) is 9.84 Å². The van der Waals surface area contributed by atoms with Gasteiger partial charge in [-0.15, -0.1) is 0 Å². The highest BCUT2D eigenvalue weighted by Gasteiger charge is 2.52. The lowest BCUT2D eigenvalue weighted by molar-refractivity contribution is -0.0153. The van der Waals surface area contributed by atoms with Gasteiger partial charge < -0.3 is 10.2 Å². The Morgan fingerprint density at radius 2 is 1.64 bits per heavy atom. The van der Waals surface area contributed by atoms with Crippen LogP contribution in [0.25, 0.3) is 0 Å². The Kier molecular flexibility index (Phi) is 3.26. The molecule has 5 nitrogen and oxygen atoms in total. The highest BCUT2D eigenvalue weighted by molar-refractivity contribution is 7.91. The van der Waals surface area contributed by atoms with Crippen molar-refractivity contribution >= 4 is 15.9 Å². The van der Waals surface area contributed by atoms with Crippen LogP contribution in [0.4, 0.5) is 4.79 Å². The minimum atomic E-state index is -3.04. The quantitative estimate of drug-likeness (QED) is 0.841. The minimum Gasteiger partial charge on any atom is -0.333 e. The van der Waals surface area contributed by atoms with E-state index in [1.54, 1.807) is 4.90 Å². The van der Waals surface area contributed by atoms with E-state index in [1.165, 1.54) is 25.5 Å². The molecule has 4 aliphatic carbocycles. The zero-order valence-corrected chi connectivity index (χ0v) is 14.1. The number of likely N-dealkylation sites (tertiary alicyclic amines) is 1. The molecule has 5 fully saturated rings. The second-order valence-corrected chi connectivity index (χ2v) is 10.6. The molecule has 2 amide bonds. The van der Waals surface area contributed by atoms with Crippen LogP contribution < -0.4 is 5.32 Å². The molecule has 22 heavy (non-hydrogen) atoms. The van der Waals surface area contributed by atoms with Crippen LogP contribution in [0.2, 0.25) is 0 Å². The van der Waals surface area contributed by atoms with Crippen LogP contribution in [0.5, 0.6) is 0 Å². The number of amides is 2. The van der Waals surface area contributed by atoms with Crippen LogP contribution >= 0.6 is 0 Å². The van der Waals surface area contributed by atoms with Gasteiger partial charge in [0.05, 0.1) is 5.25 Å². The van der Waals surface area contributed by atoms with Gasteiger partial charge in [0.2, 0.25) is 0 Å². The largest absolute Gasteiger partial charge is 0.333 e. The maximum Gasteiger partial charge on any atom is 0.317 e. The number of nitrogens with one attached hydrogen (secondary N) is 1. The van der Waals surface area contributed by atoms with E-state index < -0.39 is 9.84 Å². The SMILES string of the molecule is CS(=O)(=O)[C@H]1CCN(C(=O)NC23CC4CC(CC(C4)C2)C3)C1. The van der Waals surface area contributed by atoms with Crippen LogP contribution in [0.1, 0.15) is 44.9 Å². The number of carbonyl (C=O) groups excluding carboxylic acids is 1. The van der Waals surface area contributed by atoms with Crippen molar-refractivity contribution in [1.82, 2.24) is 10.2 Å². The lowest BCUT2D eigenvalue weighted by atomic mass is 9.53. The summed E-state index contributed by atoms with van der Waals surface area (Å²) in [5.41, 5.74) is 0.00894. The van der Waals surface area contributed by atoms with E-state index in [0.717, 1.165) is 37.0 Å². The van der Waals surface area contributed by atoms with Crippen LogP contribution in [0.3, 0.4) is 0 Å². The van der Waals surface area contributed by atoms with Gasteiger partial charge in [0, 0.05) is 24.9 Å². The number of carbonyl (C=O) groups is 1. The van der Waals surface area contributed by atoms with E-state index >= 15 is 0 Å². The number of nitrogens with zero attached hydrogens (tertiary/aromatic N) is 1. The summed E-state index contributed by atoms with van der Waals surface area (Å²) in [7, 11) is -3.04. The second-order valence-electron chi connectivity index (χ2n) is 8.31. The molecule has 1 atom stereocenters. The summed E-state index contributed by atoms with van der Waals surface area (Å²) in [5.74, 6) is 2.40. The molecular formula is C16H26N2O3S. The Balaban J connectivity index is 1.43. The average molecular weight is 326 g/mol. The number of sulfone groups is 1. The molecule has 1 aliphatic heterocycles. The molecule has 5 rings (SSSR count). The van der Waals surface area contributed by atoms with E-state index in [1.807, 2.05) is 0 Å². The van der Waals surface area contributed by atoms with E-state index in [0.29, 0.717) is 19.5 Å². The van der Waals surface area contributed by atoms with Gasteiger partial charge >= 0.3 is 6.03 Å². The van der Waals surface area contributed by atoms with Gasteiger partial charge in [0.25, 0.3) is 0 Å². The molecule has 0 spiro atoms. The number of hydrogen-bond acceptors (Lipinski definition) is 3.